The van der Waals surface area contributed by atoms with Crippen LogP contribution in [0, 0.1) is 15.9 Å². The van der Waals surface area contributed by atoms with Crippen LogP contribution in [0.15, 0.2) is 12.1 Å². The largest absolute Gasteiger partial charge is 0.494 e. The average Bonchev–Trinajstić information content (AvgIpc) is 2.75. The van der Waals surface area contributed by atoms with Gasteiger partial charge in [0, 0.05) is 19.2 Å². The van der Waals surface area contributed by atoms with E-state index in [4.69, 9.17) is 4.74 Å². The molecule has 0 aromatic heterocycles. The molecule has 0 amide bonds. The number of hydrogen-bond donors (Lipinski definition) is 1. The molecule has 0 aliphatic carbocycles. The lowest BCUT2D eigenvalue weighted by Gasteiger charge is -2.29. The van der Waals surface area contributed by atoms with Gasteiger partial charge in [0.15, 0.2) is 11.6 Å². The number of anilines is 1. The molecule has 0 radical (unpaired) electrons. The highest BCUT2D eigenvalue weighted by molar-refractivity contribution is 5.66. The van der Waals surface area contributed by atoms with Crippen molar-refractivity contribution in [3.05, 3.63) is 28.1 Å². The predicted octanol–water partition coefficient (Wildman–Crippen LogP) is 2.32. The third-order valence-corrected chi connectivity index (χ3v) is 3.92. The van der Waals surface area contributed by atoms with E-state index in [1.165, 1.54) is 13.2 Å². The maximum absolute atomic E-state index is 13.7. The topological polar surface area (TPSA) is 67.6 Å². The average molecular weight is 297 g/mol. The lowest BCUT2D eigenvalue weighted by molar-refractivity contribution is -0.384. The van der Waals surface area contributed by atoms with Gasteiger partial charge >= 0.3 is 0 Å². The van der Waals surface area contributed by atoms with E-state index in [1.807, 2.05) is 11.9 Å². The Hall–Kier alpha value is -1.89. The van der Waals surface area contributed by atoms with Crippen molar-refractivity contribution in [3.63, 3.8) is 0 Å². The summed E-state index contributed by atoms with van der Waals surface area (Å²) in [6.07, 6.45) is 2.86. The van der Waals surface area contributed by atoms with Gasteiger partial charge in [-0.05, 0) is 32.4 Å². The number of halogens is 1. The molecule has 0 bridgehead atoms. The fraction of sp³-hybridized carbons (Fsp3) is 0.571. The maximum Gasteiger partial charge on any atom is 0.295 e. The first-order valence-corrected chi connectivity index (χ1v) is 7.00. The standard InChI is InChI=1S/C14H20FN3O3/c1-17(10-4-3-6-16-7-5-10)12-9-14(21-2)11(15)8-13(12)18(19)20/h8-10,16H,3-7H2,1-2H3. The van der Waals surface area contributed by atoms with E-state index in [-0.39, 0.29) is 17.5 Å². The van der Waals surface area contributed by atoms with Crippen LogP contribution < -0.4 is 15.0 Å². The second-order valence-electron chi connectivity index (χ2n) is 5.18. The summed E-state index contributed by atoms with van der Waals surface area (Å²) < 4.78 is 18.6. The van der Waals surface area contributed by atoms with Crippen molar-refractivity contribution >= 4 is 11.4 Å². The smallest absolute Gasteiger partial charge is 0.295 e. The molecule has 0 saturated carbocycles. The number of nitro groups is 1. The number of benzene rings is 1. The van der Waals surface area contributed by atoms with Crippen molar-refractivity contribution in [3.8, 4) is 5.75 Å². The van der Waals surface area contributed by atoms with Gasteiger partial charge in [-0.25, -0.2) is 4.39 Å². The Balaban J connectivity index is 2.37. The summed E-state index contributed by atoms with van der Waals surface area (Å²) in [5.74, 6) is -0.696. The van der Waals surface area contributed by atoms with E-state index in [1.54, 1.807) is 0 Å². The number of nitrogens with zero attached hydrogens (tertiary/aromatic N) is 2. The molecule has 1 N–H and O–H groups in total. The number of rotatable bonds is 4. The summed E-state index contributed by atoms with van der Waals surface area (Å²) in [5.41, 5.74) is 0.165. The van der Waals surface area contributed by atoms with Crippen molar-refractivity contribution in [1.82, 2.24) is 5.32 Å². The number of nitro benzene ring substituents is 1. The summed E-state index contributed by atoms with van der Waals surface area (Å²) >= 11 is 0. The normalized spacial score (nSPS) is 18.9. The van der Waals surface area contributed by atoms with E-state index < -0.39 is 10.7 Å². The molecule has 1 unspecified atom stereocenters. The number of ether oxygens (including phenoxy) is 1. The van der Waals surface area contributed by atoms with Crippen LogP contribution in [0.1, 0.15) is 19.3 Å². The zero-order chi connectivity index (χ0) is 15.4. The Labute approximate surface area is 123 Å². The third-order valence-electron chi connectivity index (χ3n) is 3.92. The summed E-state index contributed by atoms with van der Waals surface area (Å²) in [4.78, 5) is 12.5. The van der Waals surface area contributed by atoms with Crippen LogP contribution in [0.25, 0.3) is 0 Å². The minimum atomic E-state index is -0.719. The Morgan fingerprint density at radius 2 is 2.19 bits per heavy atom. The van der Waals surface area contributed by atoms with Crippen molar-refractivity contribution in [2.45, 2.75) is 25.3 Å². The second kappa shape index (κ2) is 6.71. The van der Waals surface area contributed by atoms with E-state index in [9.17, 15) is 14.5 Å². The molecule has 1 aliphatic heterocycles. The van der Waals surface area contributed by atoms with E-state index >= 15 is 0 Å². The van der Waals surface area contributed by atoms with Crippen LogP contribution in [0.3, 0.4) is 0 Å². The van der Waals surface area contributed by atoms with Gasteiger partial charge in [-0.2, -0.15) is 0 Å². The molecule has 1 aliphatic rings. The van der Waals surface area contributed by atoms with Crippen molar-refractivity contribution in [1.29, 1.82) is 0 Å². The molecular formula is C14H20FN3O3. The van der Waals surface area contributed by atoms with Crippen LogP contribution in [0.4, 0.5) is 15.8 Å². The fourth-order valence-corrected chi connectivity index (χ4v) is 2.70. The molecule has 1 aromatic carbocycles. The first-order valence-electron chi connectivity index (χ1n) is 7.00. The Morgan fingerprint density at radius 1 is 1.43 bits per heavy atom. The van der Waals surface area contributed by atoms with Crippen molar-refractivity contribution in [2.24, 2.45) is 0 Å². The molecular weight excluding hydrogens is 277 g/mol. The molecule has 1 saturated heterocycles. The number of methoxy groups -OCH3 is 1. The summed E-state index contributed by atoms with van der Waals surface area (Å²) in [5, 5.41) is 14.5. The molecule has 0 spiro atoms. The lowest BCUT2D eigenvalue weighted by Crippen LogP contribution is -2.32. The quantitative estimate of drug-likeness (QED) is 0.682. The molecule has 7 heteroatoms. The van der Waals surface area contributed by atoms with Gasteiger partial charge in [-0.15, -0.1) is 0 Å². The molecule has 116 valence electrons. The molecule has 6 nitrogen and oxygen atoms in total. The minimum absolute atomic E-state index is 0.0224. The highest BCUT2D eigenvalue weighted by Gasteiger charge is 2.26. The first-order chi connectivity index (χ1) is 10.0. The Kier molecular flexibility index (Phi) is 4.95. The fourth-order valence-electron chi connectivity index (χ4n) is 2.70. The van der Waals surface area contributed by atoms with Crippen molar-refractivity contribution < 1.29 is 14.1 Å². The highest BCUT2D eigenvalue weighted by Crippen LogP contribution is 2.35. The van der Waals surface area contributed by atoms with Gasteiger partial charge in [0.1, 0.15) is 5.69 Å². The number of hydrogen-bond acceptors (Lipinski definition) is 5. The van der Waals surface area contributed by atoms with Crippen LogP contribution in [0.5, 0.6) is 5.75 Å². The number of nitrogens with one attached hydrogen (secondary N) is 1. The Bertz CT molecular complexity index is 516. The van der Waals surface area contributed by atoms with Crippen LogP contribution >= 0.6 is 0 Å². The van der Waals surface area contributed by atoms with E-state index in [2.05, 4.69) is 5.32 Å². The zero-order valence-electron chi connectivity index (χ0n) is 12.3. The SMILES string of the molecule is COc1cc(N(C)C2CCCNCC2)c([N+](=O)[O-])cc1F. The molecule has 1 aromatic rings. The van der Waals surface area contributed by atoms with Crippen LogP contribution in [-0.2, 0) is 0 Å². The van der Waals surface area contributed by atoms with Gasteiger partial charge in [0.25, 0.3) is 5.69 Å². The van der Waals surface area contributed by atoms with Crippen molar-refractivity contribution in [2.75, 3.05) is 32.1 Å². The van der Waals surface area contributed by atoms with Gasteiger partial charge in [-0.1, -0.05) is 0 Å². The van der Waals surface area contributed by atoms with E-state index in [0.29, 0.717) is 5.69 Å². The molecule has 1 heterocycles. The minimum Gasteiger partial charge on any atom is -0.494 e. The summed E-state index contributed by atoms with van der Waals surface area (Å²) in [7, 11) is 3.17. The Morgan fingerprint density at radius 3 is 2.86 bits per heavy atom. The monoisotopic (exact) mass is 297 g/mol. The second-order valence-corrected chi connectivity index (χ2v) is 5.18. The summed E-state index contributed by atoms with van der Waals surface area (Å²) in [6.45, 7) is 1.83. The van der Waals surface area contributed by atoms with Gasteiger partial charge in [-0.3, -0.25) is 10.1 Å². The predicted molar refractivity (Wildman–Crippen MR) is 78.5 cm³/mol. The molecule has 2 rings (SSSR count). The molecule has 21 heavy (non-hydrogen) atoms. The maximum atomic E-state index is 13.7. The highest BCUT2D eigenvalue weighted by atomic mass is 19.1. The van der Waals surface area contributed by atoms with Gasteiger partial charge in [0.05, 0.1) is 18.1 Å². The molecule has 1 atom stereocenters. The van der Waals surface area contributed by atoms with Gasteiger partial charge < -0.3 is 15.0 Å². The lowest BCUT2D eigenvalue weighted by atomic mass is 10.1. The third kappa shape index (κ3) is 3.41. The summed E-state index contributed by atoms with van der Waals surface area (Å²) in [6, 6.07) is 2.53. The van der Waals surface area contributed by atoms with Crippen LogP contribution in [0.2, 0.25) is 0 Å². The molecule has 1 fully saturated rings. The van der Waals surface area contributed by atoms with E-state index in [0.717, 1.165) is 38.4 Å². The zero-order valence-corrected chi connectivity index (χ0v) is 12.3. The first kappa shape index (κ1) is 15.5. The van der Waals surface area contributed by atoms with Crippen LogP contribution in [-0.4, -0.2) is 38.2 Å². The van der Waals surface area contributed by atoms with Gasteiger partial charge in [0.2, 0.25) is 0 Å².